The first-order valence-corrected chi connectivity index (χ1v) is 7.45. The second-order valence-electron chi connectivity index (χ2n) is 6.99. The van der Waals surface area contributed by atoms with Crippen molar-refractivity contribution in [3.05, 3.63) is 12.2 Å². The first kappa shape index (κ1) is 14.5. The van der Waals surface area contributed by atoms with E-state index in [0.717, 1.165) is 18.7 Å². The number of aliphatic hydroxyl groups excluding tert-OH is 1. The third-order valence-electron chi connectivity index (χ3n) is 4.46. The van der Waals surface area contributed by atoms with Crippen molar-refractivity contribution < 1.29 is 5.11 Å². The Morgan fingerprint density at radius 3 is 2.58 bits per heavy atom. The molecule has 0 radical (unpaired) electrons. The minimum absolute atomic E-state index is 0.280. The van der Waals surface area contributed by atoms with Crippen molar-refractivity contribution in [1.29, 1.82) is 0 Å². The van der Waals surface area contributed by atoms with Crippen LogP contribution in [0.15, 0.2) is 6.33 Å². The second-order valence-corrected chi connectivity index (χ2v) is 6.99. The third kappa shape index (κ3) is 3.56. The van der Waals surface area contributed by atoms with E-state index >= 15 is 0 Å². The lowest BCUT2D eigenvalue weighted by Gasteiger charge is -2.36. The van der Waals surface area contributed by atoms with Gasteiger partial charge in [0, 0.05) is 12.5 Å². The lowest BCUT2D eigenvalue weighted by molar-refractivity contribution is 0.0554. The number of aliphatic hydroxyl groups is 1. The molecule has 2 rings (SSSR count). The molecular formula is C15H27N3O. The molecule has 1 saturated carbocycles. The average molecular weight is 265 g/mol. The van der Waals surface area contributed by atoms with Gasteiger partial charge in [-0.1, -0.05) is 13.8 Å². The van der Waals surface area contributed by atoms with Crippen LogP contribution in [-0.2, 0) is 6.42 Å². The highest BCUT2D eigenvalue weighted by molar-refractivity contribution is 4.92. The van der Waals surface area contributed by atoms with Crippen LogP contribution in [0.4, 0.5) is 0 Å². The van der Waals surface area contributed by atoms with Crippen molar-refractivity contribution in [1.82, 2.24) is 14.8 Å². The van der Waals surface area contributed by atoms with Gasteiger partial charge >= 0.3 is 0 Å². The predicted molar refractivity (Wildman–Crippen MR) is 75.9 cm³/mol. The van der Waals surface area contributed by atoms with Crippen LogP contribution in [-0.4, -0.2) is 26.0 Å². The lowest BCUT2D eigenvalue weighted by atomic mass is 9.71. The molecule has 1 aliphatic rings. The zero-order chi connectivity index (χ0) is 14.0. The van der Waals surface area contributed by atoms with Crippen LogP contribution in [0.1, 0.15) is 65.2 Å². The molecule has 1 fully saturated rings. The van der Waals surface area contributed by atoms with Gasteiger partial charge in [-0.05, 0) is 50.9 Å². The molecule has 1 aromatic heterocycles. The van der Waals surface area contributed by atoms with Gasteiger partial charge in [0.2, 0.25) is 0 Å². The zero-order valence-electron chi connectivity index (χ0n) is 12.6. The van der Waals surface area contributed by atoms with E-state index in [9.17, 15) is 5.11 Å². The van der Waals surface area contributed by atoms with Gasteiger partial charge in [-0.25, -0.2) is 9.67 Å². The Labute approximate surface area is 116 Å². The van der Waals surface area contributed by atoms with Crippen LogP contribution >= 0.6 is 0 Å². The summed E-state index contributed by atoms with van der Waals surface area (Å²) < 4.78 is 1.91. The largest absolute Gasteiger partial charge is 0.392 e. The highest BCUT2D eigenvalue weighted by atomic mass is 16.3. The molecule has 1 N–H and O–H groups in total. The zero-order valence-corrected chi connectivity index (χ0v) is 12.6. The van der Waals surface area contributed by atoms with E-state index in [0.29, 0.717) is 23.8 Å². The van der Waals surface area contributed by atoms with Crippen LogP contribution in [0.5, 0.6) is 0 Å². The summed E-state index contributed by atoms with van der Waals surface area (Å²) in [5.74, 6) is 1.33. The van der Waals surface area contributed by atoms with Gasteiger partial charge < -0.3 is 5.11 Å². The Kier molecular flexibility index (Phi) is 4.29. The van der Waals surface area contributed by atoms with Crippen LogP contribution in [0.2, 0.25) is 0 Å². The normalized spacial score (nSPS) is 21.8. The second kappa shape index (κ2) is 5.61. The summed E-state index contributed by atoms with van der Waals surface area (Å²) in [6.07, 6.45) is 6.62. The number of hydrogen-bond donors (Lipinski definition) is 1. The Morgan fingerprint density at radius 1 is 1.37 bits per heavy atom. The van der Waals surface area contributed by atoms with Gasteiger partial charge in [-0.15, -0.1) is 0 Å². The summed E-state index contributed by atoms with van der Waals surface area (Å²) in [5.41, 5.74) is 0.453. The maximum absolute atomic E-state index is 10.4. The first-order valence-electron chi connectivity index (χ1n) is 7.45. The van der Waals surface area contributed by atoms with Crippen molar-refractivity contribution in [2.45, 2.75) is 71.9 Å². The Hall–Kier alpha value is -0.900. The topological polar surface area (TPSA) is 50.9 Å². The fourth-order valence-corrected chi connectivity index (χ4v) is 3.01. The standard InChI is InChI=1S/C15H27N3O/c1-11(2)18-14(16-10-17-18)9-13(19)12-5-7-15(3,4)8-6-12/h10-13,19H,5-9H2,1-4H3. The SMILES string of the molecule is CC(C)n1ncnc1CC(O)C1CCC(C)(C)CC1. The van der Waals surface area contributed by atoms with Crippen LogP contribution in [0, 0.1) is 11.3 Å². The number of nitrogens with zero attached hydrogens (tertiary/aromatic N) is 3. The molecule has 1 unspecified atom stereocenters. The summed E-state index contributed by atoms with van der Waals surface area (Å²) in [7, 11) is 0. The van der Waals surface area contributed by atoms with Gasteiger partial charge in [0.1, 0.15) is 12.2 Å². The molecule has 0 saturated heterocycles. The summed E-state index contributed by atoms with van der Waals surface area (Å²) in [6.45, 7) is 8.83. The van der Waals surface area contributed by atoms with E-state index in [1.807, 2.05) is 4.68 Å². The van der Waals surface area contributed by atoms with Crippen molar-refractivity contribution in [2.24, 2.45) is 11.3 Å². The molecule has 4 nitrogen and oxygen atoms in total. The van der Waals surface area contributed by atoms with Crippen molar-refractivity contribution >= 4 is 0 Å². The quantitative estimate of drug-likeness (QED) is 0.910. The summed E-state index contributed by atoms with van der Waals surface area (Å²) in [6, 6.07) is 0.301. The number of aromatic nitrogens is 3. The van der Waals surface area contributed by atoms with E-state index in [1.54, 1.807) is 6.33 Å². The van der Waals surface area contributed by atoms with Crippen molar-refractivity contribution in [3.63, 3.8) is 0 Å². The molecule has 0 spiro atoms. The lowest BCUT2D eigenvalue weighted by Crippen LogP contribution is -2.31. The smallest absolute Gasteiger partial charge is 0.138 e. The summed E-state index contributed by atoms with van der Waals surface area (Å²) in [5, 5.41) is 14.7. The molecule has 1 aliphatic carbocycles. The van der Waals surface area contributed by atoms with E-state index in [4.69, 9.17) is 0 Å². The fraction of sp³-hybridized carbons (Fsp3) is 0.867. The van der Waals surface area contributed by atoms with Crippen molar-refractivity contribution in [3.8, 4) is 0 Å². The predicted octanol–water partition coefficient (Wildman–Crippen LogP) is 2.98. The fourth-order valence-electron chi connectivity index (χ4n) is 3.01. The molecular weight excluding hydrogens is 238 g/mol. The molecule has 1 atom stereocenters. The Morgan fingerprint density at radius 2 is 2.00 bits per heavy atom. The number of hydrogen-bond acceptors (Lipinski definition) is 3. The van der Waals surface area contributed by atoms with Crippen molar-refractivity contribution in [2.75, 3.05) is 0 Å². The number of rotatable bonds is 4. The third-order valence-corrected chi connectivity index (χ3v) is 4.46. The average Bonchev–Trinajstić information content (AvgIpc) is 2.77. The van der Waals surface area contributed by atoms with Gasteiger partial charge in [0.05, 0.1) is 6.10 Å². The Balaban J connectivity index is 1.94. The van der Waals surface area contributed by atoms with Gasteiger partial charge in [0.25, 0.3) is 0 Å². The van der Waals surface area contributed by atoms with E-state index in [2.05, 4.69) is 37.8 Å². The van der Waals surface area contributed by atoms with E-state index < -0.39 is 0 Å². The van der Waals surface area contributed by atoms with Gasteiger partial charge in [0.15, 0.2) is 0 Å². The molecule has 0 aliphatic heterocycles. The summed E-state index contributed by atoms with van der Waals surface area (Å²) in [4.78, 5) is 4.29. The minimum atomic E-state index is -0.280. The van der Waals surface area contributed by atoms with Crippen LogP contribution in [0.25, 0.3) is 0 Å². The maximum Gasteiger partial charge on any atom is 0.138 e. The monoisotopic (exact) mass is 265 g/mol. The van der Waals surface area contributed by atoms with E-state index in [-0.39, 0.29) is 6.10 Å². The maximum atomic E-state index is 10.4. The molecule has 1 heterocycles. The Bertz CT molecular complexity index is 401. The van der Waals surface area contributed by atoms with E-state index in [1.165, 1.54) is 12.8 Å². The first-order chi connectivity index (χ1) is 8.89. The van der Waals surface area contributed by atoms with Gasteiger partial charge in [-0.3, -0.25) is 0 Å². The van der Waals surface area contributed by atoms with Crippen LogP contribution in [0.3, 0.4) is 0 Å². The molecule has 1 aromatic rings. The molecule has 0 amide bonds. The summed E-state index contributed by atoms with van der Waals surface area (Å²) >= 11 is 0. The minimum Gasteiger partial charge on any atom is -0.392 e. The molecule has 0 bridgehead atoms. The van der Waals surface area contributed by atoms with Gasteiger partial charge in [-0.2, -0.15) is 5.10 Å². The highest BCUT2D eigenvalue weighted by Crippen LogP contribution is 2.39. The highest BCUT2D eigenvalue weighted by Gasteiger charge is 2.31. The van der Waals surface area contributed by atoms with Crippen LogP contribution < -0.4 is 0 Å². The molecule has 0 aromatic carbocycles. The molecule has 108 valence electrons. The molecule has 4 heteroatoms. The molecule has 19 heavy (non-hydrogen) atoms.